The summed E-state index contributed by atoms with van der Waals surface area (Å²) in [6, 6.07) is 0. The SMILES string of the molecule is CCCCCCC/C=C\C/C=C\CCCCCCCCCCCCCCCCCC(=O)OCC(COC(=O)CCCCCCCC)OC(=O)CCCCCCCCC/C=C\CCCCCCCCC. The van der Waals surface area contributed by atoms with Gasteiger partial charge < -0.3 is 14.2 Å². The molecule has 0 aliphatic heterocycles. The van der Waals surface area contributed by atoms with E-state index in [1.54, 1.807) is 0 Å². The van der Waals surface area contributed by atoms with Crippen LogP contribution in [0.1, 0.15) is 329 Å². The molecule has 0 rings (SSSR count). The fraction of sp³-hybridized carbons (Fsp3) is 0.857. The number of esters is 3. The van der Waals surface area contributed by atoms with Gasteiger partial charge in [-0.2, -0.15) is 0 Å². The van der Waals surface area contributed by atoms with Crippen molar-refractivity contribution in [3.05, 3.63) is 36.5 Å². The van der Waals surface area contributed by atoms with E-state index in [9.17, 15) is 14.4 Å². The molecule has 0 bridgehead atoms. The smallest absolute Gasteiger partial charge is 0.306 e. The van der Waals surface area contributed by atoms with Crippen molar-refractivity contribution in [2.24, 2.45) is 0 Å². The second-order valence-corrected chi connectivity index (χ2v) is 20.6. The molecular weight excluding hydrogens is 853 g/mol. The van der Waals surface area contributed by atoms with Crippen LogP contribution in [0.4, 0.5) is 0 Å². The highest BCUT2D eigenvalue weighted by atomic mass is 16.6. The summed E-state index contributed by atoms with van der Waals surface area (Å²) in [4.78, 5) is 37.9. The standard InChI is InChI=1S/C63H116O6/c1-4-7-10-13-16-18-20-22-24-26-28-29-30-31-32-33-34-35-36-38-39-41-43-45-47-50-53-56-62(65)68-59-60(58-67-61(64)55-52-49-15-12-9-6-3)69-63(66)57-54-51-48-46-44-42-40-37-27-25-23-21-19-17-14-11-8-5-2/h20,22,25-28,60H,4-19,21,23-24,29-59H2,1-3H3/b22-20-,27-25-,28-26-. The van der Waals surface area contributed by atoms with E-state index < -0.39 is 6.10 Å². The van der Waals surface area contributed by atoms with Crippen LogP contribution in [0.3, 0.4) is 0 Å². The van der Waals surface area contributed by atoms with Gasteiger partial charge in [0, 0.05) is 19.3 Å². The molecule has 6 heteroatoms. The maximum Gasteiger partial charge on any atom is 0.306 e. The molecule has 0 heterocycles. The fourth-order valence-corrected chi connectivity index (χ4v) is 9.00. The first-order valence-corrected chi connectivity index (χ1v) is 30.5. The van der Waals surface area contributed by atoms with Gasteiger partial charge in [0.05, 0.1) is 0 Å². The lowest BCUT2D eigenvalue weighted by atomic mass is 10.0. The molecule has 0 aromatic rings. The molecule has 1 unspecified atom stereocenters. The van der Waals surface area contributed by atoms with E-state index in [1.807, 2.05) is 0 Å². The van der Waals surface area contributed by atoms with Crippen LogP contribution in [0, 0.1) is 0 Å². The first-order chi connectivity index (χ1) is 34.0. The van der Waals surface area contributed by atoms with Gasteiger partial charge in [0.2, 0.25) is 0 Å². The van der Waals surface area contributed by atoms with Gasteiger partial charge in [-0.25, -0.2) is 0 Å². The number of unbranched alkanes of at least 4 members (excludes halogenated alkanes) is 39. The van der Waals surface area contributed by atoms with Gasteiger partial charge in [-0.05, 0) is 77.0 Å². The van der Waals surface area contributed by atoms with Crippen molar-refractivity contribution < 1.29 is 28.6 Å². The van der Waals surface area contributed by atoms with E-state index in [2.05, 4.69) is 57.2 Å². The third-order valence-electron chi connectivity index (χ3n) is 13.6. The molecule has 0 aromatic heterocycles. The van der Waals surface area contributed by atoms with Crippen molar-refractivity contribution in [1.82, 2.24) is 0 Å². The van der Waals surface area contributed by atoms with Gasteiger partial charge in [-0.3, -0.25) is 14.4 Å². The molecule has 0 saturated carbocycles. The van der Waals surface area contributed by atoms with Crippen LogP contribution in [-0.4, -0.2) is 37.2 Å². The molecule has 0 aliphatic carbocycles. The number of rotatable bonds is 56. The average molecular weight is 970 g/mol. The van der Waals surface area contributed by atoms with E-state index in [0.717, 1.165) is 64.2 Å². The molecule has 0 amide bonds. The first-order valence-electron chi connectivity index (χ1n) is 30.5. The Balaban J connectivity index is 4.05. The molecule has 404 valence electrons. The summed E-state index contributed by atoms with van der Waals surface area (Å²) in [5, 5.41) is 0. The van der Waals surface area contributed by atoms with Crippen molar-refractivity contribution >= 4 is 17.9 Å². The molecule has 0 aromatic carbocycles. The van der Waals surface area contributed by atoms with Crippen molar-refractivity contribution in [3.63, 3.8) is 0 Å². The van der Waals surface area contributed by atoms with Crippen LogP contribution in [0.2, 0.25) is 0 Å². The van der Waals surface area contributed by atoms with Crippen LogP contribution in [0.25, 0.3) is 0 Å². The highest BCUT2D eigenvalue weighted by Gasteiger charge is 2.19. The highest BCUT2D eigenvalue weighted by Crippen LogP contribution is 2.17. The van der Waals surface area contributed by atoms with Gasteiger partial charge in [0.25, 0.3) is 0 Å². The summed E-state index contributed by atoms with van der Waals surface area (Å²) >= 11 is 0. The van der Waals surface area contributed by atoms with Crippen LogP contribution in [-0.2, 0) is 28.6 Å². The van der Waals surface area contributed by atoms with Gasteiger partial charge in [-0.1, -0.05) is 269 Å². The second-order valence-electron chi connectivity index (χ2n) is 20.6. The van der Waals surface area contributed by atoms with Gasteiger partial charge >= 0.3 is 17.9 Å². The van der Waals surface area contributed by atoms with E-state index in [4.69, 9.17) is 14.2 Å². The Kier molecular flexibility index (Phi) is 56.2. The fourth-order valence-electron chi connectivity index (χ4n) is 9.00. The van der Waals surface area contributed by atoms with E-state index in [0.29, 0.717) is 19.3 Å². The molecule has 0 saturated heterocycles. The molecule has 0 fully saturated rings. The molecule has 69 heavy (non-hydrogen) atoms. The monoisotopic (exact) mass is 969 g/mol. The Morgan fingerprint density at radius 2 is 0.522 bits per heavy atom. The summed E-state index contributed by atoms with van der Waals surface area (Å²) in [5.41, 5.74) is 0. The average Bonchev–Trinajstić information content (AvgIpc) is 3.35. The molecule has 0 spiro atoms. The Morgan fingerprint density at radius 3 is 0.812 bits per heavy atom. The number of carbonyl (C=O) groups excluding carboxylic acids is 3. The predicted octanol–water partition coefficient (Wildman–Crippen LogP) is 20.4. The normalized spacial score (nSPS) is 12.2. The summed E-state index contributed by atoms with van der Waals surface area (Å²) in [5.74, 6) is -0.868. The lowest BCUT2D eigenvalue weighted by Gasteiger charge is -2.18. The van der Waals surface area contributed by atoms with Crippen molar-refractivity contribution in [3.8, 4) is 0 Å². The topological polar surface area (TPSA) is 78.9 Å². The number of hydrogen-bond donors (Lipinski definition) is 0. The number of carbonyl (C=O) groups is 3. The van der Waals surface area contributed by atoms with Crippen LogP contribution < -0.4 is 0 Å². The third-order valence-corrected chi connectivity index (χ3v) is 13.6. The van der Waals surface area contributed by atoms with Crippen molar-refractivity contribution in [2.75, 3.05) is 13.2 Å². The largest absolute Gasteiger partial charge is 0.462 e. The molecule has 6 nitrogen and oxygen atoms in total. The summed E-state index contributed by atoms with van der Waals surface area (Å²) in [6.45, 7) is 6.61. The second kappa shape index (κ2) is 58.2. The Hall–Kier alpha value is -2.37. The van der Waals surface area contributed by atoms with E-state index >= 15 is 0 Å². The Labute approximate surface area is 429 Å². The molecular formula is C63H116O6. The zero-order chi connectivity index (χ0) is 50.0. The number of ether oxygens (including phenoxy) is 3. The minimum atomic E-state index is -0.769. The summed E-state index contributed by atoms with van der Waals surface area (Å²) in [6.07, 6.45) is 70.4. The maximum absolute atomic E-state index is 12.8. The Bertz CT molecular complexity index is 1160. The lowest BCUT2D eigenvalue weighted by molar-refractivity contribution is -0.167. The molecule has 0 N–H and O–H groups in total. The van der Waals surface area contributed by atoms with Gasteiger partial charge in [-0.15, -0.1) is 0 Å². The Morgan fingerprint density at radius 1 is 0.290 bits per heavy atom. The lowest BCUT2D eigenvalue weighted by Crippen LogP contribution is -2.30. The third kappa shape index (κ3) is 56.4. The zero-order valence-corrected chi connectivity index (χ0v) is 46.3. The summed E-state index contributed by atoms with van der Waals surface area (Å²) < 4.78 is 16.8. The molecule has 1 atom stereocenters. The van der Waals surface area contributed by atoms with Crippen LogP contribution >= 0.6 is 0 Å². The minimum Gasteiger partial charge on any atom is -0.462 e. The zero-order valence-electron chi connectivity index (χ0n) is 46.3. The van der Waals surface area contributed by atoms with Crippen LogP contribution in [0.15, 0.2) is 36.5 Å². The van der Waals surface area contributed by atoms with Gasteiger partial charge in [0.15, 0.2) is 6.10 Å². The van der Waals surface area contributed by atoms with E-state index in [1.165, 1.54) is 225 Å². The van der Waals surface area contributed by atoms with Crippen molar-refractivity contribution in [1.29, 1.82) is 0 Å². The number of hydrogen-bond acceptors (Lipinski definition) is 6. The minimum absolute atomic E-state index is 0.0706. The quantitative estimate of drug-likeness (QED) is 0.0261. The summed E-state index contributed by atoms with van der Waals surface area (Å²) in [7, 11) is 0. The number of allylic oxidation sites excluding steroid dienone is 6. The predicted molar refractivity (Wildman–Crippen MR) is 298 cm³/mol. The highest BCUT2D eigenvalue weighted by molar-refractivity contribution is 5.71. The van der Waals surface area contributed by atoms with Crippen LogP contribution in [0.5, 0.6) is 0 Å². The van der Waals surface area contributed by atoms with Crippen molar-refractivity contribution in [2.45, 2.75) is 335 Å². The van der Waals surface area contributed by atoms with E-state index in [-0.39, 0.29) is 31.1 Å². The molecule has 0 radical (unpaired) electrons. The van der Waals surface area contributed by atoms with Gasteiger partial charge in [0.1, 0.15) is 13.2 Å². The first kappa shape index (κ1) is 66.6. The maximum atomic E-state index is 12.8. The molecule has 0 aliphatic rings.